The van der Waals surface area contributed by atoms with Crippen molar-refractivity contribution < 1.29 is 18.6 Å². The Balaban J connectivity index is 1.39. The molecule has 28 heavy (non-hydrogen) atoms. The van der Waals surface area contributed by atoms with Gasteiger partial charge in [-0.2, -0.15) is 5.10 Å². The molecular weight excluding hydrogens is 363 g/mol. The minimum Gasteiger partial charge on any atom is -0.484 e. The molecule has 4 heterocycles. The van der Waals surface area contributed by atoms with Crippen LogP contribution in [0.3, 0.4) is 0 Å². The fourth-order valence-electron chi connectivity index (χ4n) is 3.69. The molecule has 2 aliphatic heterocycles. The number of ether oxygens (including phenoxy) is 3. The Morgan fingerprint density at radius 2 is 1.89 bits per heavy atom. The Bertz CT molecular complexity index is 856. The minimum absolute atomic E-state index is 0.0808. The predicted molar refractivity (Wildman–Crippen MR) is 100 cm³/mol. The molecule has 1 unspecified atom stereocenters. The summed E-state index contributed by atoms with van der Waals surface area (Å²) in [6, 6.07) is 3.19. The first-order valence-corrected chi connectivity index (χ1v) is 9.69. The number of hydrogen-bond donors (Lipinski definition) is 0. The molecule has 0 N–H and O–H groups in total. The molecule has 0 bridgehead atoms. The second kappa shape index (κ2) is 7.87. The molecule has 0 saturated carbocycles. The summed E-state index contributed by atoms with van der Waals surface area (Å²) in [5.74, 6) is 0.986. The lowest BCUT2D eigenvalue weighted by atomic mass is 10.0. The van der Waals surface area contributed by atoms with Crippen LogP contribution in [0.2, 0.25) is 0 Å². The number of nitrogens with zero attached hydrogens (tertiary/aromatic N) is 4. The van der Waals surface area contributed by atoms with Crippen molar-refractivity contribution in [3.8, 4) is 17.5 Å². The number of likely N-dealkylation sites (tertiary alicyclic amines) is 1. The van der Waals surface area contributed by atoms with Crippen molar-refractivity contribution in [2.24, 2.45) is 0 Å². The van der Waals surface area contributed by atoms with Gasteiger partial charge in [-0.05, 0) is 39.7 Å². The molecular formula is C20H25FN4O3. The summed E-state index contributed by atoms with van der Waals surface area (Å²) in [7, 11) is 0. The highest BCUT2D eigenvalue weighted by Gasteiger charge is 2.29. The lowest BCUT2D eigenvalue weighted by Crippen LogP contribution is -2.40. The monoisotopic (exact) mass is 388 g/mol. The highest BCUT2D eigenvalue weighted by atomic mass is 19.1. The summed E-state index contributed by atoms with van der Waals surface area (Å²) in [6.45, 7) is 8.29. The molecule has 8 heteroatoms. The molecule has 4 rings (SSSR count). The average Bonchev–Trinajstić information content (AvgIpc) is 2.69. The Kier molecular flexibility index (Phi) is 5.30. The fraction of sp³-hybridized carbons (Fsp3) is 0.550. The number of aryl methyl sites for hydroxylation is 2. The molecule has 2 aliphatic rings. The second-order valence-corrected chi connectivity index (χ2v) is 7.36. The largest absolute Gasteiger partial charge is 0.484 e. The van der Waals surface area contributed by atoms with E-state index in [1.165, 1.54) is 6.07 Å². The van der Waals surface area contributed by atoms with E-state index in [-0.39, 0.29) is 18.0 Å². The van der Waals surface area contributed by atoms with Gasteiger partial charge in [0.15, 0.2) is 5.75 Å². The van der Waals surface area contributed by atoms with Crippen LogP contribution in [-0.2, 0) is 0 Å². The zero-order chi connectivity index (χ0) is 19.7. The molecule has 0 aliphatic carbocycles. The van der Waals surface area contributed by atoms with Crippen molar-refractivity contribution in [1.82, 2.24) is 20.1 Å². The van der Waals surface area contributed by atoms with Gasteiger partial charge in [0.05, 0.1) is 17.4 Å². The van der Waals surface area contributed by atoms with E-state index in [1.807, 2.05) is 26.8 Å². The zero-order valence-electron chi connectivity index (χ0n) is 16.4. The van der Waals surface area contributed by atoms with E-state index < -0.39 is 0 Å². The normalized spacial score (nSPS) is 18.7. The number of aromatic nitrogens is 3. The number of halogens is 1. The molecule has 2 aromatic rings. The third kappa shape index (κ3) is 3.87. The average molecular weight is 388 g/mol. The summed E-state index contributed by atoms with van der Waals surface area (Å²) in [4.78, 5) is 6.60. The van der Waals surface area contributed by atoms with Crippen molar-refractivity contribution >= 4 is 0 Å². The summed E-state index contributed by atoms with van der Waals surface area (Å²) in [5.41, 5.74) is 2.26. The molecule has 2 aromatic heterocycles. The van der Waals surface area contributed by atoms with Crippen molar-refractivity contribution in [2.45, 2.75) is 45.8 Å². The van der Waals surface area contributed by atoms with Gasteiger partial charge in [0.2, 0.25) is 5.88 Å². The van der Waals surface area contributed by atoms with Crippen LogP contribution < -0.4 is 14.2 Å². The molecule has 0 spiro atoms. The maximum absolute atomic E-state index is 14.6. The SMILES string of the molecule is Cc1cc(C)c(OC2CCN(C(C)c3nc4c(cc3F)OCCO4)CC2)nn1. The first-order valence-electron chi connectivity index (χ1n) is 9.69. The van der Waals surface area contributed by atoms with E-state index in [0.717, 1.165) is 37.2 Å². The van der Waals surface area contributed by atoms with Gasteiger partial charge in [0, 0.05) is 24.7 Å². The van der Waals surface area contributed by atoms with Crippen LogP contribution in [0, 0.1) is 19.7 Å². The number of fused-ring (bicyclic) bond motifs is 1. The van der Waals surface area contributed by atoms with Gasteiger partial charge in [-0.25, -0.2) is 9.37 Å². The van der Waals surface area contributed by atoms with Gasteiger partial charge in [-0.15, -0.1) is 5.10 Å². The molecule has 0 amide bonds. The van der Waals surface area contributed by atoms with Gasteiger partial charge < -0.3 is 14.2 Å². The van der Waals surface area contributed by atoms with Crippen LogP contribution in [0.5, 0.6) is 17.5 Å². The lowest BCUT2D eigenvalue weighted by Gasteiger charge is -2.36. The number of pyridine rings is 1. The molecule has 7 nitrogen and oxygen atoms in total. The Labute approximate surface area is 163 Å². The zero-order valence-corrected chi connectivity index (χ0v) is 16.4. The predicted octanol–water partition coefficient (Wildman–Crippen LogP) is 3.00. The second-order valence-electron chi connectivity index (χ2n) is 7.36. The highest BCUT2D eigenvalue weighted by molar-refractivity contribution is 5.37. The van der Waals surface area contributed by atoms with Crippen molar-refractivity contribution in [3.05, 3.63) is 34.9 Å². The third-order valence-electron chi connectivity index (χ3n) is 5.27. The topological polar surface area (TPSA) is 69.6 Å². The number of piperidine rings is 1. The van der Waals surface area contributed by atoms with E-state index in [4.69, 9.17) is 14.2 Å². The quantitative estimate of drug-likeness (QED) is 0.797. The maximum atomic E-state index is 14.6. The first kappa shape index (κ1) is 18.9. The van der Waals surface area contributed by atoms with E-state index in [2.05, 4.69) is 20.1 Å². The smallest absolute Gasteiger partial charge is 0.257 e. The van der Waals surface area contributed by atoms with Crippen LogP contribution in [0.1, 0.15) is 42.8 Å². The molecule has 0 aromatic carbocycles. The van der Waals surface area contributed by atoms with Crippen molar-refractivity contribution in [2.75, 3.05) is 26.3 Å². The number of hydrogen-bond acceptors (Lipinski definition) is 7. The van der Waals surface area contributed by atoms with Gasteiger partial charge in [0.1, 0.15) is 25.1 Å². The van der Waals surface area contributed by atoms with E-state index >= 15 is 0 Å². The van der Waals surface area contributed by atoms with Crippen LogP contribution in [0.4, 0.5) is 4.39 Å². The van der Waals surface area contributed by atoms with Gasteiger partial charge >= 0.3 is 0 Å². The van der Waals surface area contributed by atoms with E-state index in [0.29, 0.717) is 36.4 Å². The molecule has 0 radical (unpaired) electrons. The van der Waals surface area contributed by atoms with E-state index in [1.54, 1.807) is 0 Å². The van der Waals surface area contributed by atoms with Crippen molar-refractivity contribution in [3.63, 3.8) is 0 Å². The van der Waals surface area contributed by atoms with Crippen LogP contribution >= 0.6 is 0 Å². The first-order chi connectivity index (χ1) is 13.5. The van der Waals surface area contributed by atoms with E-state index in [9.17, 15) is 4.39 Å². The molecule has 1 saturated heterocycles. The summed E-state index contributed by atoms with van der Waals surface area (Å²) >= 11 is 0. The van der Waals surface area contributed by atoms with Gasteiger partial charge in [0.25, 0.3) is 5.88 Å². The van der Waals surface area contributed by atoms with Crippen LogP contribution in [-0.4, -0.2) is 52.5 Å². The molecule has 1 fully saturated rings. The van der Waals surface area contributed by atoms with Gasteiger partial charge in [-0.1, -0.05) is 0 Å². The molecule has 150 valence electrons. The summed E-state index contributed by atoms with van der Waals surface area (Å²) in [5, 5.41) is 8.23. The minimum atomic E-state index is -0.360. The molecule has 1 atom stereocenters. The fourth-order valence-corrected chi connectivity index (χ4v) is 3.69. The highest BCUT2D eigenvalue weighted by Crippen LogP contribution is 2.34. The van der Waals surface area contributed by atoms with Crippen LogP contribution in [0.15, 0.2) is 12.1 Å². The van der Waals surface area contributed by atoms with Crippen molar-refractivity contribution in [1.29, 1.82) is 0 Å². The summed E-state index contributed by atoms with van der Waals surface area (Å²) < 4.78 is 31.5. The lowest BCUT2D eigenvalue weighted by molar-refractivity contribution is 0.0730. The maximum Gasteiger partial charge on any atom is 0.257 e. The number of rotatable bonds is 4. The Morgan fingerprint density at radius 3 is 2.64 bits per heavy atom. The van der Waals surface area contributed by atoms with Gasteiger partial charge in [-0.3, -0.25) is 4.90 Å². The standard InChI is InChI=1S/C20H25FN4O3/c1-12-10-13(2)23-24-19(12)28-15-4-6-25(7-5-15)14(3)18-16(21)11-17-20(22-18)27-9-8-26-17/h10-11,14-15H,4-9H2,1-3H3. The Morgan fingerprint density at radius 1 is 1.14 bits per heavy atom. The Hall–Kier alpha value is -2.48. The summed E-state index contributed by atoms with van der Waals surface area (Å²) in [6.07, 6.45) is 1.76. The third-order valence-corrected chi connectivity index (χ3v) is 5.27. The van der Waals surface area contributed by atoms with Crippen LogP contribution in [0.25, 0.3) is 0 Å².